The number of aliphatic carboxylic acids is 1. The molecule has 0 aliphatic heterocycles. The largest absolute Gasteiger partial charge is 0.478 e. The SMILES string of the molecule is C=C(CS(=O)(=O)O)C(=O)O.c1ccc2ccccc2c1. The van der Waals surface area contributed by atoms with Gasteiger partial charge in [0.05, 0.1) is 0 Å². The minimum Gasteiger partial charge on any atom is -0.478 e. The van der Waals surface area contributed by atoms with Crippen molar-refractivity contribution >= 4 is 26.9 Å². The van der Waals surface area contributed by atoms with Crippen molar-refractivity contribution in [3.8, 4) is 0 Å². The van der Waals surface area contributed by atoms with E-state index in [-0.39, 0.29) is 0 Å². The van der Waals surface area contributed by atoms with E-state index in [0.29, 0.717) is 0 Å². The Hall–Kier alpha value is -2.18. The molecule has 6 heteroatoms. The molecule has 0 fully saturated rings. The standard InChI is InChI=1S/C10H8.C4H6O5S/c1-2-6-10-8-4-3-7-9(10)5-1;1-3(4(5)6)2-10(7,8)9/h1-8H;1-2H2,(H,5,6)(H,7,8,9). The molecule has 0 unspecified atom stereocenters. The summed E-state index contributed by atoms with van der Waals surface area (Å²) >= 11 is 0. The first-order chi connectivity index (χ1) is 9.29. The van der Waals surface area contributed by atoms with Crippen molar-refractivity contribution in [2.45, 2.75) is 0 Å². The van der Waals surface area contributed by atoms with E-state index in [2.05, 4.69) is 55.1 Å². The number of fused-ring (bicyclic) bond motifs is 1. The van der Waals surface area contributed by atoms with E-state index in [1.165, 1.54) is 10.8 Å². The molecule has 0 heterocycles. The minimum absolute atomic E-state index is 0.553. The van der Waals surface area contributed by atoms with Gasteiger partial charge in [-0.1, -0.05) is 55.1 Å². The third kappa shape index (κ3) is 5.64. The highest BCUT2D eigenvalue weighted by molar-refractivity contribution is 7.86. The van der Waals surface area contributed by atoms with Crippen molar-refractivity contribution in [2.24, 2.45) is 0 Å². The fraction of sp³-hybridized carbons (Fsp3) is 0.0714. The van der Waals surface area contributed by atoms with Gasteiger partial charge in [-0.2, -0.15) is 8.42 Å². The fourth-order valence-electron chi connectivity index (χ4n) is 1.41. The maximum atomic E-state index is 9.98. The van der Waals surface area contributed by atoms with Gasteiger partial charge in [0.15, 0.2) is 0 Å². The Bertz CT molecular complexity index is 654. The molecule has 0 bridgehead atoms. The molecule has 0 aromatic heterocycles. The van der Waals surface area contributed by atoms with E-state index in [9.17, 15) is 13.2 Å². The van der Waals surface area contributed by atoms with Crippen LogP contribution in [-0.4, -0.2) is 29.8 Å². The number of benzene rings is 2. The van der Waals surface area contributed by atoms with Gasteiger partial charge in [-0.15, -0.1) is 0 Å². The second-order valence-electron chi connectivity index (χ2n) is 3.98. The van der Waals surface area contributed by atoms with Crippen LogP contribution in [0.5, 0.6) is 0 Å². The van der Waals surface area contributed by atoms with E-state index >= 15 is 0 Å². The van der Waals surface area contributed by atoms with Gasteiger partial charge in [0.2, 0.25) is 0 Å². The summed E-state index contributed by atoms with van der Waals surface area (Å²) in [6, 6.07) is 16.7. The van der Waals surface area contributed by atoms with Crippen LogP contribution in [0.2, 0.25) is 0 Å². The van der Waals surface area contributed by atoms with Gasteiger partial charge >= 0.3 is 5.97 Å². The fourth-order valence-corrected chi connectivity index (χ4v) is 1.98. The normalized spacial score (nSPS) is 10.4. The van der Waals surface area contributed by atoms with E-state index in [1.807, 2.05) is 0 Å². The van der Waals surface area contributed by atoms with Crippen LogP contribution in [0.1, 0.15) is 0 Å². The van der Waals surface area contributed by atoms with Gasteiger partial charge < -0.3 is 5.11 Å². The monoisotopic (exact) mass is 294 g/mol. The molecule has 0 saturated heterocycles. The van der Waals surface area contributed by atoms with Crippen LogP contribution in [0.15, 0.2) is 60.7 Å². The van der Waals surface area contributed by atoms with Gasteiger partial charge in [0.1, 0.15) is 5.75 Å². The first-order valence-corrected chi connectivity index (χ1v) is 7.20. The molecule has 2 aromatic carbocycles. The lowest BCUT2D eigenvalue weighted by atomic mass is 10.1. The number of carboxylic acids is 1. The van der Waals surface area contributed by atoms with Crippen LogP contribution in [0.4, 0.5) is 0 Å². The van der Waals surface area contributed by atoms with Crippen LogP contribution < -0.4 is 0 Å². The molecule has 2 rings (SSSR count). The summed E-state index contributed by atoms with van der Waals surface area (Å²) in [7, 11) is -4.25. The van der Waals surface area contributed by atoms with Gasteiger partial charge in [-0.25, -0.2) is 4.79 Å². The van der Waals surface area contributed by atoms with E-state index < -0.39 is 27.4 Å². The van der Waals surface area contributed by atoms with E-state index in [0.717, 1.165) is 0 Å². The highest BCUT2D eigenvalue weighted by Gasteiger charge is 2.12. The first-order valence-electron chi connectivity index (χ1n) is 5.59. The lowest BCUT2D eigenvalue weighted by Gasteiger charge is -1.94. The summed E-state index contributed by atoms with van der Waals surface area (Å²) in [5, 5.41) is 10.7. The topological polar surface area (TPSA) is 91.7 Å². The molecule has 2 N–H and O–H groups in total. The summed E-state index contributed by atoms with van der Waals surface area (Å²) < 4.78 is 28.0. The Morgan fingerprint density at radius 1 is 1.00 bits per heavy atom. The zero-order chi connectivity index (χ0) is 15.2. The second kappa shape index (κ2) is 6.83. The summed E-state index contributed by atoms with van der Waals surface area (Å²) in [6.45, 7) is 2.90. The van der Waals surface area contributed by atoms with Gasteiger partial charge in [-0.05, 0) is 10.8 Å². The van der Waals surface area contributed by atoms with Crippen molar-refractivity contribution in [1.29, 1.82) is 0 Å². The van der Waals surface area contributed by atoms with Crippen molar-refractivity contribution in [3.05, 3.63) is 60.7 Å². The highest BCUT2D eigenvalue weighted by Crippen LogP contribution is 2.11. The first kappa shape index (κ1) is 15.9. The maximum Gasteiger partial charge on any atom is 0.332 e. The van der Waals surface area contributed by atoms with Gasteiger partial charge in [0, 0.05) is 5.57 Å². The van der Waals surface area contributed by atoms with Crippen LogP contribution >= 0.6 is 0 Å². The molecule has 0 saturated carbocycles. The van der Waals surface area contributed by atoms with Crippen LogP contribution in [0.3, 0.4) is 0 Å². The average molecular weight is 294 g/mol. The van der Waals surface area contributed by atoms with Crippen LogP contribution in [0, 0.1) is 0 Å². The Labute approximate surface area is 116 Å². The quantitative estimate of drug-likeness (QED) is 0.669. The Morgan fingerprint density at radius 3 is 1.55 bits per heavy atom. The highest BCUT2D eigenvalue weighted by atomic mass is 32.2. The Kier molecular flexibility index (Phi) is 5.42. The second-order valence-corrected chi connectivity index (χ2v) is 5.43. The van der Waals surface area contributed by atoms with Gasteiger partial charge in [-0.3, -0.25) is 4.55 Å². The third-order valence-electron chi connectivity index (χ3n) is 2.32. The summed E-state index contributed by atoms with van der Waals surface area (Å²) in [5.74, 6) is -2.36. The molecule has 0 spiro atoms. The summed E-state index contributed by atoms with van der Waals surface area (Å²) in [5.41, 5.74) is -0.553. The molecule has 0 atom stereocenters. The van der Waals surface area contributed by atoms with E-state index in [1.54, 1.807) is 0 Å². The molecule has 0 aliphatic rings. The molecule has 20 heavy (non-hydrogen) atoms. The molecule has 106 valence electrons. The zero-order valence-corrected chi connectivity index (χ0v) is 11.4. The predicted molar refractivity (Wildman–Crippen MR) is 77.1 cm³/mol. The lowest BCUT2D eigenvalue weighted by molar-refractivity contribution is -0.132. The maximum absolute atomic E-state index is 9.98. The summed E-state index contributed by atoms with van der Waals surface area (Å²) in [6.07, 6.45) is 0. The van der Waals surface area contributed by atoms with Gasteiger partial charge in [0.25, 0.3) is 10.1 Å². The van der Waals surface area contributed by atoms with Crippen molar-refractivity contribution in [1.82, 2.24) is 0 Å². The lowest BCUT2D eigenvalue weighted by Crippen LogP contribution is -2.12. The number of carboxylic acid groups (broad SMARTS) is 1. The van der Waals surface area contributed by atoms with Crippen molar-refractivity contribution in [2.75, 3.05) is 5.75 Å². The minimum atomic E-state index is -4.25. The van der Waals surface area contributed by atoms with Crippen molar-refractivity contribution in [3.63, 3.8) is 0 Å². The molecule has 5 nitrogen and oxygen atoms in total. The van der Waals surface area contributed by atoms with Crippen molar-refractivity contribution < 1.29 is 22.9 Å². The third-order valence-corrected chi connectivity index (χ3v) is 3.03. The average Bonchev–Trinajstić information content (AvgIpc) is 2.37. The molecule has 0 radical (unpaired) electrons. The Morgan fingerprint density at radius 2 is 1.35 bits per heavy atom. The van der Waals surface area contributed by atoms with Crippen LogP contribution in [0.25, 0.3) is 10.8 Å². The zero-order valence-electron chi connectivity index (χ0n) is 10.6. The number of hydrogen-bond acceptors (Lipinski definition) is 3. The molecule has 0 aliphatic carbocycles. The van der Waals surface area contributed by atoms with Crippen LogP contribution in [-0.2, 0) is 14.9 Å². The molecular formula is C14H14O5S. The molecular weight excluding hydrogens is 280 g/mol. The molecule has 2 aromatic rings. The summed E-state index contributed by atoms with van der Waals surface area (Å²) in [4.78, 5) is 9.90. The smallest absolute Gasteiger partial charge is 0.332 e. The van der Waals surface area contributed by atoms with E-state index in [4.69, 9.17) is 9.66 Å². The number of rotatable bonds is 3. The number of hydrogen-bond donors (Lipinski definition) is 2. The predicted octanol–water partition coefficient (Wildman–Crippen LogP) is 2.35. The molecule has 0 amide bonds. The number of carbonyl (C=O) groups is 1. The Balaban J connectivity index is 0.000000200.